The fourth-order valence-corrected chi connectivity index (χ4v) is 1.11. The highest BCUT2D eigenvalue weighted by atomic mass is 14.9. The van der Waals surface area contributed by atoms with Crippen molar-refractivity contribution in [3.8, 4) is 0 Å². The number of aromatic nitrogens is 2. The molecule has 1 aromatic heterocycles. The van der Waals surface area contributed by atoms with Gasteiger partial charge in [-0.2, -0.15) is 0 Å². The summed E-state index contributed by atoms with van der Waals surface area (Å²) in [5.74, 6) is 0.925. The second-order valence-corrected chi connectivity index (χ2v) is 2.74. The van der Waals surface area contributed by atoms with E-state index in [0.717, 1.165) is 17.1 Å². The summed E-state index contributed by atoms with van der Waals surface area (Å²) in [4.78, 5) is 7.30. The standard InChI is InChI=1S/C11H14N2/c1-4-6-10(7-5-2)11-8-12-9(3)13-11/h4-8H,1H2,2-3H3,(H,12,13)/b7-5-,10-6+. The van der Waals surface area contributed by atoms with Crippen LogP contribution in [0.2, 0.25) is 0 Å². The predicted molar refractivity (Wildman–Crippen MR) is 56.3 cm³/mol. The summed E-state index contributed by atoms with van der Waals surface area (Å²) in [6.07, 6.45) is 9.56. The van der Waals surface area contributed by atoms with Crippen molar-refractivity contribution in [2.75, 3.05) is 0 Å². The van der Waals surface area contributed by atoms with E-state index in [-0.39, 0.29) is 0 Å². The van der Waals surface area contributed by atoms with Crippen LogP contribution in [0.3, 0.4) is 0 Å². The van der Waals surface area contributed by atoms with Gasteiger partial charge in [0.15, 0.2) is 0 Å². The number of nitrogens with one attached hydrogen (secondary N) is 1. The Kier molecular flexibility index (Phi) is 3.26. The Labute approximate surface area is 78.7 Å². The summed E-state index contributed by atoms with van der Waals surface area (Å²) in [5.41, 5.74) is 2.12. The molecule has 2 heteroatoms. The topological polar surface area (TPSA) is 28.7 Å². The molecule has 1 aromatic rings. The van der Waals surface area contributed by atoms with Gasteiger partial charge in [-0.1, -0.05) is 30.9 Å². The summed E-state index contributed by atoms with van der Waals surface area (Å²) in [5, 5.41) is 0. The van der Waals surface area contributed by atoms with Crippen molar-refractivity contribution in [2.24, 2.45) is 0 Å². The minimum Gasteiger partial charge on any atom is -0.342 e. The SMILES string of the molecule is C=C/C=C(\C=C/C)c1cnc(C)[nH]1. The van der Waals surface area contributed by atoms with Crippen LogP contribution in [0, 0.1) is 6.92 Å². The third-order valence-corrected chi connectivity index (χ3v) is 1.66. The van der Waals surface area contributed by atoms with Gasteiger partial charge in [-0.05, 0) is 19.4 Å². The number of hydrogen-bond donors (Lipinski definition) is 1. The quantitative estimate of drug-likeness (QED) is 0.701. The Balaban J connectivity index is 3.01. The van der Waals surface area contributed by atoms with Gasteiger partial charge in [0.1, 0.15) is 5.82 Å². The molecule has 0 fully saturated rings. The third kappa shape index (κ3) is 2.44. The van der Waals surface area contributed by atoms with E-state index in [0.29, 0.717) is 0 Å². The highest BCUT2D eigenvalue weighted by Gasteiger charge is 1.98. The van der Waals surface area contributed by atoms with Crippen LogP contribution in [0.4, 0.5) is 0 Å². The van der Waals surface area contributed by atoms with Gasteiger partial charge in [0.05, 0.1) is 11.9 Å². The molecule has 0 aliphatic carbocycles. The Morgan fingerprint density at radius 2 is 2.38 bits per heavy atom. The van der Waals surface area contributed by atoms with Crippen LogP contribution in [0.15, 0.2) is 37.1 Å². The number of H-pyrrole nitrogens is 1. The van der Waals surface area contributed by atoms with Gasteiger partial charge in [0.2, 0.25) is 0 Å². The number of hydrogen-bond acceptors (Lipinski definition) is 1. The summed E-state index contributed by atoms with van der Waals surface area (Å²) < 4.78 is 0. The fourth-order valence-electron chi connectivity index (χ4n) is 1.11. The van der Waals surface area contributed by atoms with E-state index in [4.69, 9.17) is 0 Å². The highest BCUT2D eigenvalue weighted by Crippen LogP contribution is 2.13. The summed E-state index contributed by atoms with van der Waals surface area (Å²) in [7, 11) is 0. The second-order valence-electron chi connectivity index (χ2n) is 2.74. The first-order valence-electron chi connectivity index (χ1n) is 4.25. The molecule has 0 amide bonds. The van der Waals surface area contributed by atoms with Gasteiger partial charge < -0.3 is 4.98 Å². The molecular weight excluding hydrogens is 160 g/mol. The van der Waals surface area contributed by atoms with Crippen LogP contribution in [0.1, 0.15) is 18.4 Å². The van der Waals surface area contributed by atoms with Crippen LogP contribution in [0.5, 0.6) is 0 Å². The van der Waals surface area contributed by atoms with Crippen molar-refractivity contribution in [1.29, 1.82) is 0 Å². The van der Waals surface area contributed by atoms with E-state index in [9.17, 15) is 0 Å². The molecule has 0 aromatic carbocycles. The largest absolute Gasteiger partial charge is 0.342 e. The maximum atomic E-state index is 4.14. The van der Waals surface area contributed by atoms with E-state index in [1.54, 1.807) is 6.08 Å². The lowest BCUT2D eigenvalue weighted by Gasteiger charge is -1.95. The molecule has 0 atom stereocenters. The molecule has 1 rings (SSSR count). The monoisotopic (exact) mass is 174 g/mol. The number of nitrogens with zero attached hydrogens (tertiary/aromatic N) is 1. The molecule has 13 heavy (non-hydrogen) atoms. The van der Waals surface area contributed by atoms with Crippen LogP contribution >= 0.6 is 0 Å². The fraction of sp³-hybridized carbons (Fsp3) is 0.182. The van der Waals surface area contributed by atoms with Gasteiger partial charge in [-0.15, -0.1) is 0 Å². The molecule has 0 radical (unpaired) electrons. The zero-order chi connectivity index (χ0) is 9.68. The van der Waals surface area contributed by atoms with Crippen LogP contribution in [0.25, 0.3) is 5.57 Å². The lowest BCUT2D eigenvalue weighted by atomic mass is 10.2. The van der Waals surface area contributed by atoms with Crippen molar-refractivity contribution < 1.29 is 0 Å². The molecule has 0 saturated carbocycles. The van der Waals surface area contributed by atoms with Gasteiger partial charge in [0.25, 0.3) is 0 Å². The van der Waals surface area contributed by atoms with E-state index in [1.165, 1.54) is 0 Å². The number of aromatic amines is 1. The van der Waals surface area contributed by atoms with Crippen LogP contribution in [-0.4, -0.2) is 9.97 Å². The van der Waals surface area contributed by atoms with Gasteiger partial charge >= 0.3 is 0 Å². The maximum absolute atomic E-state index is 4.14. The zero-order valence-corrected chi connectivity index (χ0v) is 8.04. The van der Waals surface area contributed by atoms with Crippen LogP contribution in [-0.2, 0) is 0 Å². The Morgan fingerprint density at radius 3 is 2.85 bits per heavy atom. The summed E-state index contributed by atoms with van der Waals surface area (Å²) in [6, 6.07) is 0. The van der Waals surface area contributed by atoms with Crippen molar-refractivity contribution in [3.05, 3.63) is 48.6 Å². The minimum atomic E-state index is 0.925. The number of aryl methyl sites for hydroxylation is 1. The number of rotatable bonds is 3. The first kappa shape index (κ1) is 9.52. The molecule has 1 heterocycles. The lowest BCUT2D eigenvalue weighted by molar-refractivity contribution is 1.14. The summed E-state index contributed by atoms with van der Waals surface area (Å²) in [6.45, 7) is 7.59. The summed E-state index contributed by atoms with van der Waals surface area (Å²) >= 11 is 0. The van der Waals surface area contributed by atoms with Crippen molar-refractivity contribution in [3.63, 3.8) is 0 Å². The van der Waals surface area contributed by atoms with E-state index in [2.05, 4.69) is 16.5 Å². The zero-order valence-electron chi connectivity index (χ0n) is 8.04. The average molecular weight is 174 g/mol. The van der Waals surface area contributed by atoms with E-state index in [1.807, 2.05) is 38.3 Å². The first-order chi connectivity index (χ1) is 6.27. The maximum Gasteiger partial charge on any atom is 0.103 e. The molecular formula is C11H14N2. The Bertz CT molecular complexity index is 343. The van der Waals surface area contributed by atoms with E-state index >= 15 is 0 Å². The first-order valence-corrected chi connectivity index (χ1v) is 4.25. The van der Waals surface area contributed by atoms with Gasteiger partial charge in [-0.25, -0.2) is 4.98 Å². The molecule has 0 aliphatic rings. The van der Waals surface area contributed by atoms with Crippen molar-refractivity contribution >= 4 is 5.57 Å². The smallest absolute Gasteiger partial charge is 0.103 e. The van der Waals surface area contributed by atoms with Crippen molar-refractivity contribution in [2.45, 2.75) is 13.8 Å². The molecule has 1 N–H and O–H groups in total. The van der Waals surface area contributed by atoms with E-state index < -0.39 is 0 Å². The van der Waals surface area contributed by atoms with Gasteiger partial charge in [-0.3, -0.25) is 0 Å². The Morgan fingerprint density at radius 1 is 1.62 bits per heavy atom. The number of allylic oxidation sites excluding steroid dienone is 5. The number of imidazole rings is 1. The molecule has 0 unspecified atom stereocenters. The lowest BCUT2D eigenvalue weighted by Crippen LogP contribution is -1.80. The van der Waals surface area contributed by atoms with Crippen LogP contribution < -0.4 is 0 Å². The normalized spacial score (nSPS) is 12.3. The molecule has 2 nitrogen and oxygen atoms in total. The third-order valence-electron chi connectivity index (χ3n) is 1.66. The minimum absolute atomic E-state index is 0.925. The molecule has 0 saturated heterocycles. The Hall–Kier alpha value is -1.57. The van der Waals surface area contributed by atoms with Crippen molar-refractivity contribution in [1.82, 2.24) is 9.97 Å². The molecule has 0 bridgehead atoms. The highest BCUT2D eigenvalue weighted by molar-refractivity contribution is 5.72. The van der Waals surface area contributed by atoms with Gasteiger partial charge in [0, 0.05) is 0 Å². The molecule has 0 aliphatic heterocycles. The molecule has 68 valence electrons. The molecule has 0 spiro atoms. The second kappa shape index (κ2) is 4.45. The average Bonchev–Trinajstić information content (AvgIpc) is 2.51. The predicted octanol–water partition coefficient (Wildman–Crippen LogP) is 2.86.